The second kappa shape index (κ2) is 5.59. The van der Waals surface area contributed by atoms with Crippen LogP contribution in [-0.2, 0) is 0 Å². The van der Waals surface area contributed by atoms with Gasteiger partial charge < -0.3 is 0 Å². The van der Waals surface area contributed by atoms with Crippen molar-refractivity contribution in [2.24, 2.45) is 0 Å². The Kier molecular flexibility index (Phi) is 4.22. The van der Waals surface area contributed by atoms with E-state index in [1.54, 1.807) is 0 Å². The average Bonchev–Trinajstić information content (AvgIpc) is 2.14. The average molecular weight is 159 g/mol. The number of hydrogen-bond donors (Lipinski definition) is 0. The lowest BCUT2D eigenvalue weighted by atomic mass is 10.2. The molecule has 0 heterocycles. The van der Waals surface area contributed by atoms with Crippen LogP contribution in [0.25, 0.3) is 6.08 Å². The maximum atomic E-state index is 3.16. The first-order valence-corrected chi connectivity index (χ1v) is 4.56. The summed E-state index contributed by atoms with van der Waals surface area (Å²) in [6.45, 7) is 2.21. The molecule has 0 unspecified atom stereocenters. The fourth-order valence-corrected chi connectivity index (χ4v) is 1.04. The quantitative estimate of drug-likeness (QED) is 0.588. The monoisotopic (exact) mass is 159 g/mol. The van der Waals surface area contributed by atoms with E-state index in [4.69, 9.17) is 0 Å². The molecular weight excluding hydrogens is 144 g/mol. The summed E-state index contributed by atoms with van der Waals surface area (Å²) in [5.41, 5.74) is 1.17. The standard InChI is InChI=1S/C12H15/c1-2-3-4-6-9-12-10-7-5-8-11-12/h5-10H,2-4H2,1H3/b9-6+. The molecule has 0 nitrogen and oxygen atoms in total. The van der Waals surface area contributed by atoms with E-state index < -0.39 is 0 Å². The van der Waals surface area contributed by atoms with Crippen molar-refractivity contribution in [3.63, 3.8) is 0 Å². The molecule has 63 valence electrons. The topological polar surface area (TPSA) is 0 Å². The maximum absolute atomic E-state index is 3.16. The van der Waals surface area contributed by atoms with Gasteiger partial charge in [0.1, 0.15) is 0 Å². The normalized spacial score (nSPS) is 10.8. The van der Waals surface area contributed by atoms with Crippen molar-refractivity contribution in [2.45, 2.75) is 26.2 Å². The van der Waals surface area contributed by atoms with Crippen LogP contribution in [0.5, 0.6) is 0 Å². The van der Waals surface area contributed by atoms with Gasteiger partial charge in [-0.3, -0.25) is 0 Å². The van der Waals surface area contributed by atoms with Gasteiger partial charge in [0.25, 0.3) is 0 Å². The fourth-order valence-electron chi connectivity index (χ4n) is 1.04. The van der Waals surface area contributed by atoms with Gasteiger partial charge in [-0.1, -0.05) is 56.2 Å². The minimum Gasteiger partial charge on any atom is -0.0839 e. The SMILES string of the molecule is CCCC/C=C/c1[c]cccc1. The van der Waals surface area contributed by atoms with E-state index in [1.165, 1.54) is 24.8 Å². The van der Waals surface area contributed by atoms with Crippen molar-refractivity contribution in [3.05, 3.63) is 42.0 Å². The smallest absolute Gasteiger partial charge is 0.0106 e. The third-order valence-electron chi connectivity index (χ3n) is 1.75. The Labute approximate surface area is 74.9 Å². The predicted octanol–water partition coefficient (Wildman–Crippen LogP) is 3.69. The lowest BCUT2D eigenvalue weighted by molar-refractivity contribution is 0.816. The Morgan fingerprint density at radius 3 is 3.00 bits per heavy atom. The summed E-state index contributed by atoms with van der Waals surface area (Å²) in [6.07, 6.45) is 8.08. The van der Waals surface area contributed by atoms with E-state index in [-0.39, 0.29) is 0 Å². The molecule has 0 heteroatoms. The van der Waals surface area contributed by atoms with Gasteiger partial charge in [-0.25, -0.2) is 0 Å². The summed E-state index contributed by atoms with van der Waals surface area (Å²) in [7, 11) is 0. The largest absolute Gasteiger partial charge is 0.0839 e. The molecule has 0 aliphatic carbocycles. The predicted molar refractivity (Wildman–Crippen MR) is 53.8 cm³/mol. The molecule has 0 saturated carbocycles. The van der Waals surface area contributed by atoms with Crippen LogP contribution in [0.15, 0.2) is 30.3 Å². The molecule has 0 aliphatic heterocycles. The number of hydrogen-bond acceptors (Lipinski definition) is 0. The zero-order chi connectivity index (χ0) is 8.65. The molecule has 0 fully saturated rings. The molecular formula is C12H15. The summed E-state index contributed by atoms with van der Waals surface area (Å²) in [4.78, 5) is 0. The summed E-state index contributed by atoms with van der Waals surface area (Å²) < 4.78 is 0. The molecule has 1 aromatic carbocycles. The highest BCUT2D eigenvalue weighted by molar-refractivity contribution is 5.47. The van der Waals surface area contributed by atoms with E-state index in [9.17, 15) is 0 Å². The summed E-state index contributed by atoms with van der Waals surface area (Å²) in [5, 5.41) is 0. The van der Waals surface area contributed by atoms with Crippen LogP contribution in [0.2, 0.25) is 0 Å². The minimum absolute atomic E-state index is 1.17. The third-order valence-corrected chi connectivity index (χ3v) is 1.75. The first-order chi connectivity index (χ1) is 5.93. The van der Waals surface area contributed by atoms with Gasteiger partial charge in [0, 0.05) is 0 Å². The molecule has 0 saturated heterocycles. The van der Waals surface area contributed by atoms with Gasteiger partial charge in [0.15, 0.2) is 0 Å². The lowest BCUT2D eigenvalue weighted by Crippen LogP contribution is -1.70. The number of allylic oxidation sites excluding steroid dienone is 1. The fraction of sp³-hybridized carbons (Fsp3) is 0.333. The van der Waals surface area contributed by atoms with Gasteiger partial charge >= 0.3 is 0 Å². The van der Waals surface area contributed by atoms with Crippen molar-refractivity contribution in [2.75, 3.05) is 0 Å². The van der Waals surface area contributed by atoms with Gasteiger partial charge in [-0.15, -0.1) is 0 Å². The Morgan fingerprint density at radius 2 is 2.33 bits per heavy atom. The molecule has 0 amide bonds. The number of benzene rings is 1. The summed E-state index contributed by atoms with van der Waals surface area (Å²) in [6, 6.07) is 11.2. The summed E-state index contributed by atoms with van der Waals surface area (Å²) in [5.74, 6) is 0. The maximum Gasteiger partial charge on any atom is -0.0106 e. The van der Waals surface area contributed by atoms with E-state index in [0.29, 0.717) is 0 Å². The molecule has 12 heavy (non-hydrogen) atoms. The molecule has 1 radical (unpaired) electrons. The molecule has 0 aliphatic rings. The minimum atomic E-state index is 1.17. The zero-order valence-electron chi connectivity index (χ0n) is 7.59. The number of rotatable bonds is 4. The van der Waals surface area contributed by atoms with E-state index in [2.05, 4.69) is 31.2 Å². The summed E-state index contributed by atoms with van der Waals surface area (Å²) >= 11 is 0. The van der Waals surface area contributed by atoms with Crippen LogP contribution in [0.3, 0.4) is 0 Å². The van der Waals surface area contributed by atoms with Gasteiger partial charge in [-0.05, 0) is 18.1 Å². The van der Waals surface area contributed by atoms with Crippen LogP contribution in [0.4, 0.5) is 0 Å². The molecule has 0 N–H and O–H groups in total. The second-order valence-corrected chi connectivity index (χ2v) is 2.86. The van der Waals surface area contributed by atoms with Crippen molar-refractivity contribution >= 4 is 6.08 Å². The molecule has 0 atom stereocenters. The Bertz CT molecular complexity index is 221. The molecule has 0 aromatic heterocycles. The molecule has 0 spiro atoms. The van der Waals surface area contributed by atoms with Crippen molar-refractivity contribution in [1.82, 2.24) is 0 Å². The third kappa shape index (κ3) is 3.38. The lowest BCUT2D eigenvalue weighted by Gasteiger charge is -1.90. The van der Waals surface area contributed by atoms with Crippen LogP contribution in [0, 0.1) is 6.07 Å². The second-order valence-electron chi connectivity index (χ2n) is 2.86. The first-order valence-electron chi connectivity index (χ1n) is 4.56. The van der Waals surface area contributed by atoms with Crippen molar-refractivity contribution in [3.8, 4) is 0 Å². The van der Waals surface area contributed by atoms with Gasteiger partial charge in [0.05, 0.1) is 0 Å². The van der Waals surface area contributed by atoms with Crippen LogP contribution < -0.4 is 0 Å². The Hall–Kier alpha value is -1.04. The van der Waals surface area contributed by atoms with Crippen LogP contribution in [-0.4, -0.2) is 0 Å². The van der Waals surface area contributed by atoms with Crippen molar-refractivity contribution < 1.29 is 0 Å². The molecule has 1 aromatic rings. The zero-order valence-corrected chi connectivity index (χ0v) is 7.59. The van der Waals surface area contributed by atoms with E-state index >= 15 is 0 Å². The number of unbranched alkanes of at least 4 members (excludes halogenated alkanes) is 2. The van der Waals surface area contributed by atoms with E-state index in [1.807, 2.05) is 18.2 Å². The highest BCUT2D eigenvalue weighted by atomic mass is 13.9. The first kappa shape index (κ1) is 9.05. The van der Waals surface area contributed by atoms with Gasteiger partial charge in [-0.2, -0.15) is 0 Å². The Balaban J connectivity index is 2.36. The van der Waals surface area contributed by atoms with Crippen molar-refractivity contribution in [1.29, 1.82) is 0 Å². The van der Waals surface area contributed by atoms with Crippen LogP contribution >= 0.6 is 0 Å². The molecule has 1 rings (SSSR count). The molecule has 0 bridgehead atoms. The van der Waals surface area contributed by atoms with Crippen LogP contribution in [0.1, 0.15) is 31.7 Å². The highest BCUT2D eigenvalue weighted by Crippen LogP contribution is 2.02. The van der Waals surface area contributed by atoms with E-state index in [0.717, 1.165) is 0 Å². The highest BCUT2D eigenvalue weighted by Gasteiger charge is 1.82. The van der Waals surface area contributed by atoms with Gasteiger partial charge in [0.2, 0.25) is 0 Å². The Morgan fingerprint density at radius 1 is 1.42 bits per heavy atom.